The van der Waals surface area contributed by atoms with E-state index in [2.05, 4.69) is 15.5 Å². The van der Waals surface area contributed by atoms with Gasteiger partial charge in [0.1, 0.15) is 0 Å². The molecule has 0 atom stereocenters. The number of fused-ring (bicyclic) bond motifs is 1. The SMILES string of the molecule is CCOCCNC(=O)c1ccc2cn[nH]c2c1. The molecule has 0 aliphatic rings. The van der Waals surface area contributed by atoms with E-state index in [0.29, 0.717) is 25.3 Å². The molecule has 2 aromatic rings. The minimum atomic E-state index is -0.0961. The number of benzene rings is 1. The fourth-order valence-corrected chi connectivity index (χ4v) is 1.56. The van der Waals surface area contributed by atoms with Crippen molar-refractivity contribution in [1.82, 2.24) is 15.5 Å². The molecule has 0 saturated carbocycles. The quantitative estimate of drug-likeness (QED) is 0.765. The average Bonchev–Trinajstić information content (AvgIpc) is 2.81. The summed E-state index contributed by atoms with van der Waals surface area (Å²) in [7, 11) is 0. The summed E-state index contributed by atoms with van der Waals surface area (Å²) in [4.78, 5) is 11.8. The van der Waals surface area contributed by atoms with Crippen LogP contribution in [0.15, 0.2) is 24.4 Å². The van der Waals surface area contributed by atoms with Crippen LogP contribution in [0.2, 0.25) is 0 Å². The minimum absolute atomic E-state index is 0.0961. The predicted molar refractivity (Wildman–Crippen MR) is 64.9 cm³/mol. The molecule has 2 N–H and O–H groups in total. The van der Waals surface area contributed by atoms with E-state index in [-0.39, 0.29) is 5.91 Å². The van der Waals surface area contributed by atoms with Gasteiger partial charge < -0.3 is 10.1 Å². The van der Waals surface area contributed by atoms with Crippen molar-refractivity contribution < 1.29 is 9.53 Å². The molecule has 0 bridgehead atoms. The van der Waals surface area contributed by atoms with Gasteiger partial charge in [0.25, 0.3) is 5.91 Å². The van der Waals surface area contributed by atoms with E-state index in [4.69, 9.17) is 4.74 Å². The Kier molecular flexibility index (Phi) is 3.72. The van der Waals surface area contributed by atoms with E-state index in [9.17, 15) is 4.79 Å². The maximum Gasteiger partial charge on any atom is 0.251 e. The van der Waals surface area contributed by atoms with Crippen molar-refractivity contribution in [3.05, 3.63) is 30.0 Å². The molecule has 2 rings (SSSR count). The molecule has 1 aromatic carbocycles. The molecule has 1 aromatic heterocycles. The highest BCUT2D eigenvalue weighted by Gasteiger charge is 2.06. The largest absolute Gasteiger partial charge is 0.380 e. The van der Waals surface area contributed by atoms with Gasteiger partial charge in [0, 0.05) is 24.1 Å². The lowest BCUT2D eigenvalue weighted by atomic mass is 10.1. The van der Waals surface area contributed by atoms with Crippen LogP contribution in [0.1, 0.15) is 17.3 Å². The molecule has 90 valence electrons. The normalized spacial score (nSPS) is 10.6. The van der Waals surface area contributed by atoms with Crippen LogP contribution in [0.25, 0.3) is 10.9 Å². The molecule has 5 heteroatoms. The van der Waals surface area contributed by atoms with Gasteiger partial charge in [-0.25, -0.2) is 0 Å². The predicted octanol–water partition coefficient (Wildman–Crippen LogP) is 1.33. The number of rotatable bonds is 5. The summed E-state index contributed by atoms with van der Waals surface area (Å²) < 4.78 is 5.15. The molecule has 1 amide bonds. The molecular formula is C12H15N3O2. The van der Waals surface area contributed by atoms with Crippen LogP contribution in [0.3, 0.4) is 0 Å². The van der Waals surface area contributed by atoms with Crippen LogP contribution in [-0.2, 0) is 4.74 Å². The van der Waals surface area contributed by atoms with Gasteiger partial charge in [0.15, 0.2) is 0 Å². The van der Waals surface area contributed by atoms with Crippen LogP contribution in [0.5, 0.6) is 0 Å². The first kappa shape index (κ1) is 11.6. The number of carbonyl (C=O) groups is 1. The summed E-state index contributed by atoms with van der Waals surface area (Å²) in [5, 5.41) is 10.5. The second-order valence-corrected chi connectivity index (χ2v) is 3.62. The van der Waals surface area contributed by atoms with E-state index in [0.717, 1.165) is 10.9 Å². The van der Waals surface area contributed by atoms with Crippen LogP contribution in [0, 0.1) is 0 Å². The second-order valence-electron chi connectivity index (χ2n) is 3.62. The number of H-pyrrole nitrogens is 1. The topological polar surface area (TPSA) is 67.0 Å². The van der Waals surface area contributed by atoms with Crippen LogP contribution in [0.4, 0.5) is 0 Å². The standard InChI is InChI=1S/C12H15N3O2/c1-2-17-6-5-13-12(16)9-3-4-10-8-14-15-11(10)7-9/h3-4,7-8H,2,5-6H2,1H3,(H,13,16)(H,14,15). The van der Waals surface area contributed by atoms with E-state index in [1.165, 1.54) is 0 Å². The number of hydrogen-bond acceptors (Lipinski definition) is 3. The number of aromatic amines is 1. The van der Waals surface area contributed by atoms with E-state index in [1.807, 2.05) is 13.0 Å². The van der Waals surface area contributed by atoms with Gasteiger partial charge in [-0.3, -0.25) is 9.89 Å². The summed E-state index contributed by atoms with van der Waals surface area (Å²) >= 11 is 0. The van der Waals surface area contributed by atoms with Gasteiger partial charge in [-0.15, -0.1) is 0 Å². The van der Waals surface area contributed by atoms with E-state index >= 15 is 0 Å². The zero-order chi connectivity index (χ0) is 12.1. The third-order valence-electron chi connectivity index (χ3n) is 2.44. The van der Waals surface area contributed by atoms with E-state index < -0.39 is 0 Å². The molecule has 0 unspecified atom stereocenters. The molecule has 0 aliphatic heterocycles. The lowest BCUT2D eigenvalue weighted by Crippen LogP contribution is -2.27. The van der Waals surface area contributed by atoms with Crippen LogP contribution >= 0.6 is 0 Å². The molecule has 0 fully saturated rings. The first-order valence-electron chi connectivity index (χ1n) is 5.60. The number of aromatic nitrogens is 2. The highest BCUT2D eigenvalue weighted by Crippen LogP contribution is 2.12. The Morgan fingerprint density at radius 3 is 3.24 bits per heavy atom. The Balaban J connectivity index is 1.98. The summed E-state index contributed by atoms with van der Waals surface area (Å²) in [5.41, 5.74) is 1.49. The first-order valence-corrected chi connectivity index (χ1v) is 5.60. The Morgan fingerprint density at radius 2 is 2.41 bits per heavy atom. The zero-order valence-electron chi connectivity index (χ0n) is 9.69. The number of nitrogens with zero attached hydrogens (tertiary/aromatic N) is 1. The highest BCUT2D eigenvalue weighted by atomic mass is 16.5. The van der Waals surface area contributed by atoms with Crippen molar-refractivity contribution in [2.24, 2.45) is 0 Å². The zero-order valence-corrected chi connectivity index (χ0v) is 9.69. The van der Waals surface area contributed by atoms with Gasteiger partial charge >= 0.3 is 0 Å². The van der Waals surface area contributed by atoms with Crippen molar-refractivity contribution in [3.63, 3.8) is 0 Å². The second kappa shape index (κ2) is 5.45. The number of carbonyl (C=O) groups excluding carboxylic acids is 1. The molecule has 0 radical (unpaired) electrons. The van der Waals surface area contributed by atoms with Gasteiger partial charge in [0.2, 0.25) is 0 Å². The van der Waals surface area contributed by atoms with Crippen LogP contribution < -0.4 is 5.32 Å². The molecule has 0 saturated heterocycles. The minimum Gasteiger partial charge on any atom is -0.380 e. The van der Waals surface area contributed by atoms with Crippen molar-refractivity contribution in [2.45, 2.75) is 6.92 Å². The number of ether oxygens (including phenoxy) is 1. The van der Waals surface area contributed by atoms with Crippen molar-refractivity contribution in [1.29, 1.82) is 0 Å². The third-order valence-corrected chi connectivity index (χ3v) is 2.44. The third kappa shape index (κ3) is 2.82. The Bertz CT molecular complexity index is 507. The molecule has 17 heavy (non-hydrogen) atoms. The van der Waals surface area contributed by atoms with Crippen molar-refractivity contribution >= 4 is 16.8 Å². The lowest BCUT2D eigenvalue weighted by Gasteiger charge is -2.05. The molecule has 1 heterocycles. The smallest absolute Gasteiger partial charge is 0.251 e. The number of nitrogens with one attached hydrogen (secondary N) is 2. The van der Waals surface area contributed by atoms with Crippen molar-refractivity contribution in [2.75, 3.05) is 19.8 Å². The van der Waals surface area contributed by atoms with Gasteiger partial charge in [0.05, 0.1) is 18.3 Å². The van der Waals surface area contributed by atoms with Crippen LogP contribution in [-0.4, -0.2) is 35.9 Å². The van der Waals surface area contributed by atoms with Gasteiger partial charge in [-0.1, -0.05) is 6.07 Å². The molecule has 0 spiro atoms. The molecule has 5 nitrogen and oxygen atoms in total. The highest BCUT2D eigenvalue weighted by molar-refractivity contribution is 5.97. The van der Waals surface area contributed by atoms with Gasteiger partial charge in [-0.2, -0.15) is 5.10 Å². The lowest BCUT2D eigenvalue weighted by molar-refractivity contribution is 0.0922. The van der Waals surface area contributed by atoms with E-state index in [1.54, 1.807) is 18.3 Å². The molecular weight excluding hydrogens is 218 g/mol. The Morgan fingerprint density at radius 1 is 1.53 bits per heavy atom. The fraction of sp³-hybridized carbons (Fsp3) is 0.333. The maximum absolute atomic E-state index is 11.8. The number of amides is 1. The monoisotopic (exact) mass is 233 g/mol. The summed E-state index contributed by atoms with van der Waals surface area (Å²) in [5.74, 6) is -0.0961. The Labute approximate surface area is 99.2 Å². The Hall–Kier alpha value is -1.88. The maximum atomic E-state index is 11.8. The number of hydrogen-bond donors (Lipinski definition) is 2. The summed E-state index contributed by atoms with van der Waals surface area (Å²) in [6.45, 7) is 3.65. The van der Waals surface area contributed by atoms with Gasteiger partial charge in [-0.05, 0) is 19.1 Å². The summed E-state index contributed by atoms with van der Waals surface area (Å²) in [6.07, 6.45) is 1.73. The first-order chi connectivity index (χ1) is 8.31. The van der Waals surface area contributed by atoms with Crippen molar-refractivity contribution in [3.8, 4) is 0 Å². The fourth-order valence-electron chi connectivity index (χ4n) is 1.56. The average molecular weight is 233 g/mol. The molecule has 0 aliphatic carbocycles. The summed E-state index contributed by atoms with van der Waals surface area (Å²) in [6, 6.07) is 5.45.